The molecule has 2 saturated heterocycles. The number of hydrogen-bond donors (Lipinski definition) is 1. The number of imide groups is 1. The first kappa shape index (κ1) is 11.1. The number of carbonyl (C=O) groups excluding carboxylic acids is 2. The van der Waals surface area contributed by atoms with Gasteiger partial charge in [0.2, 0.25) is 0 Å². The highest BCUT2D eigenvalue weighted by Crippen LogP contribution is 2.30. The van der Waals surface area contributed by atoms with Crippen molar-refractivity contribution in [3.8, 4) is 0 Å². The van der Waals surface area contributed by atoms with Crippen molar-refractivity contribution >= 4 is 17.8 Å². The molecule has 6 heteroatoms. The zero-order valence-electron chi connectivity index (χ0n) is 8.88. The fraction of sp³-hybridized carbons (Fsp3) is 0.700. The maximum atomic E-state index is 11.8. The van der Waals surface area contributed by atoms with Crippen LogP contribution in [0.1, 0.15) is 26.2 Å². The number of carbonyl (C=O) groups is 3. The van der Waals surface area contributed by atoms with Gasteiger partial charge in [-0.1, -0.05) is 6.92 Å². The van der Waals surface area contributed by atoms with Crippen LogP contribution in [-0.4, -0.2) is 46.0 Å². The zero-order chi connectivity index (χ0) is 11.9. The standard InChI is InChI=1S/C10H13NO5/c1-2-5(10(14)15)11-8(12)6-3-4-7(16-6)9(11)13/h5-7H,2-4H2,1H3,(H,14,15). The number of carboxylic acids is 1. The molecule has 1 N–H and O–H groups in total. The molecule has 0 aromatic heterocycles. The van der Waals surface area contributed by atoms with Crippen LogP contribution in [0.3, 0.4) is 0 Å². The smallest absolute Gasteiger partial charge is 0.326 e. The third-order valence-corrected chi connectivity index (χ3v) is 3.03. The van der Waals surface area contributed by atoms with Crippen molar-refractivity contribution in [2.24, 2.45) is 0 Å². The van der Waals surface area contributed by atoms with Crippen molar-refractivity contribution in [1.29, 1.82) is 0 Å². The van der Waals surface area contributed by atoms with Crippen LogP contribution in [-0.2, 0) is 19.1 Å². The Bertz CT molecular complexity index is 331. The number of aliphatic carboxylic acids is 1. The van der Waals surface area contributed by atoms with Gasteiger partial charge in [0, 0.05) is 0 Å². The molecule has 0 aromatic rings. The second-order valence-electron chi connectivity index (χ2n) is 4.00. The van der Waals surface area contributed by atoms with Crippen molar-refractivity contribution in [3.63, 3.8) is 0 Å². The Morgan fingerprint density at radius 2 is 1.94 bits per heavy atom. The number of rotatable bonds is 3. The molecule has 0 aromatic carbocycles. The molecule has 0 spiro atoms. The van der Waals surface area contributed by atoms with Crippen LogP contribution < -0.4 is 0 Å². The Kier molecular flexibility index (Phi) is 2.67. The van der Waals surface area contributed by atoms with Gasteiger partial charge in [0.05, 0.1) is 0 Å². The van der Waals surface area contributed by atoms with Gasteiger partial charge in [-0.25, -0.2) is 4.79 Å². The van der Waals surface area contributed by atoms with Gasteiger partial charge in [-0.2, -0.15) is 0 Å². The summed E-state index contributed by atoms with van der Waals surface area (Å²) in [5, 5.41) is 8.97. The molecule has 2 aliphatic heterocycles. The average Bonchev–Trinajstić information content (AvgIpc) is 2.67. The molecule has 2 aliphatic rings. The van der Waals surface area contributed by atoms with Gasteiger partial charge in [-0.3, -0.25) is 14.5 Å². The van der Waals surface area contributed by atoms with Crippen molar-refractivity contribution in [2.75, 3.05) is 0 Å². The van der Waals surface area contributed by atoms with Crippen LogP contribution in [0, 0.1) is 0 Å². The molecule has 2 bridgehead atoms. The van der Waals surface area contributed by atoms with E-state index in [2.05, 4.69) is 0 Å². The third kappa shape index (κ3) is 1.49. The fourth-order valence-corrected chi connectivity index (χ4v) is 2.19. The van der Waals surface area contributed by atoms with Gasteiger partial charge in [0.25, 0.3) is 11.8 Å². The Hall–Kier alpha value is -1.43. The molecule has 16 heavy (non-hydrogen) atoms. The number of amides is 2. The first-order chi connectivity index (χ1) is 7.56. The highest BCUT2D eigenvalue weighted by Gasteiger charge is 2.49. The Labute approximate surface area is 92.2 Å². The van der Waals surface area contributed by atoms with Gasteiger partial charge in [-0.15, -0.1) is 0 Å². The predicted molar refractivity (Wildman–Crippen MR) is 51.5 cm³/mol. The van der Waals surface area contributed by atoms with E-state index in [-0.39, 0.29) is 6.42 Å². The summed E-state index contributed by atoms with van der Waals surface area (Å²) in [6, 6.07) is -1.06. The Morgan fingerprint density at radius 3 is 2.31 bits per heavy atom. The van der Waals surface area contributed by atoms with E-state index in [1.165, 1.54) is 0 Å². The summed E-state index contributed by atoms with van der Waals surface area (Å²) in [7, 11) is 0. The van der Waals surface area contributed by atoms with E-state index >= 15 is 0 Å². The SMILES string of the molecule is CCC(C(=O)O)N1C(=O)C2CCC(O2)C1=O. The summed E-state index contributed by atoms with van der Waals surface area (Å²) < 4.78 is 5.19. The third-order valence-electron chi connectivity index (χ3n) is 3.03. The van der Waals surface area contributed by atoms with Gasteiger partial charge in [-0.05, 0) is 19.3 Å². The minimum absolute atomic E-state index is 0.215. The quantitative estimate of drug-likeness (QED) is 0.673. The lowest BCUT2D eigenvalue weighted by Gasteiger charge is -2.33. The largest absolute Gasteiger partial charge is 0.480 e. The summed E-state index contributed by atoms with van der Waals surface area (Å²) in [5.74, 6) is -2.16. The van der Waals surface area contributed by atoms with Crippen LogP contribution >= 0.6 is 0 Å². The molecule has 0 aliphatic carbocycles. The molecule has 2 rings (SSSR count). The lowest BCUT2D eigenvalue weighted by atomic mass is 10.1. The van der Waals surface area contributed by atoms with Crippen LogP contribution in [0.15, 0.2) is 0 Å². The minimum atomic E-state index is -1.15. The van der Waals surface area contributed by atoms with Crippen molar-refractivity contribution in [1.82, 2.24) is 4.90 Å². The maximum absolute atomic E-state index is 11.8. The normalized spacial score (nSPS) is 30.7. The van der Waals surface area contributed by atoms with Gasteiger partial charge in [0.1, 0.15) is 18.2 Å². The summed E-state index contributed by atoms with van der Waals surface area (Å²) >= 11 is 0. The van der Waals surface area contributed by atoms with E-state index < -0.39 is 36.0 Å². The molecule has 2 amide bonds. The van der Waals surface area contributed by atoms with E-state index in [0.717, 1.165) is 4.90 Å². The number of carboxylic acid groups (broad SMARTS) is 1. The highest BCUT2D eigenvalue weighted by molar-refractivity contribution is 6.05. The number of nitrogens with zero attached hydrogens (tertiary/aromatic N) is 1. The molecule has 0 saturated carbocycles. The number of fused-ring (bicyclic) bond motifs is 2. The molecule has 2 fully saturated rings. The lowest BCUT2D eigenvalue weighted by Crippen LogP contribution is -2.57. The topological polar surface area (TPSA) is 83.9 Å². The number of hydrogen-bond acceptors (Lipinski definition) is 4. The summed E-state index contributed by atoms with van der Waals surface area (Å²) in [5.41, 5.74) is 0. The van der Waals surface area contributed by atoms with Crippen LogP contribution in [0.5, 0.6) is 0 Å². The summed E-state index contributed by atoms with van der Waals surface area (Å²) in [4.78, 5) is 35.5. The summed E-state index contributed by atoms with van der Waals surface area (Å²) in [6.07, 6.45) is -0.0391. The van der Waals surface area contributed by atoms with Crippen molar-refractivity contribution < 1.29 is 24.2 Å². The van der Waals surface area contributed by atoms with Crippen molar-refractivity contribution in [2.45, 2.75) is 44.4 Å². The monoisotopic (exact) mass is 227 g/mol. The van der Waals surface area contributed by atoms with E-state index in [0.29, 0.717) is 12.8 Å². The molecule has 3 unspecified atom stereocenters. The molecule has 0 radical (unpaired) electrons. The Balaban J connectivity index is 2.28. The van der Waals surface area contributed by atoms with E-state index in [1.807, 2.05) is 0 Å². The van der Waals surface area contributed by atoms with Crippen LogP contribution in [0.2, 0.25) is 0 Å². The highest BCUT2D eigenvalue weighted by atomic mass is 16.5. The zero-order valence-corrected chi connectivity index (χ0v) is 8.88. The minimum Gasteiger partial charge on any atom is -0.480 e. The van der Waals surface area contributed by atoms with Gasteiger partial charge < -0.3 is 9.84 Å². The first-order valence-corrected chi connectivity index (χ1v) is 5.31. The summed E-state index contributed by atoms with van der Waals surface area (Å²) in [6.45, 7) is 1.64. The molecule has 88 valence electrons. The molecular formula is C10H13NO5. The van der Waals surface area contributed by atoms with E-state index in [4.69, 9.17) is 9.84 Å². The number of morpholine rings is 1. The van der Waals surface area contributed by atoms with Crippen molar-refractivity contribution in [3.05, 3.63) is 0 Å². The molecule has 3 atom stereocenters. The fourth-order valence-electron chi connectivity index (χ4n) is 2.19. The molecule has 2 heterocycles. The number of likely N-dealkylation sites (tertiary alicyclic amines) is 1. The predicted octanol–water partition coefficient (Wildman–Crippen LogP) is -0.234. The first-order valence-electron chi connectivity index (χ1n) is 5.31. The molecule has 6 nitrogen and oxygen atoms in total. The number of ether oxygens (including phenoxy) is 1. The van der Waals surface area contributed by atoms with Crippen LogP contribution in [0.25, 0.3) is 0 Å². The van der Waals surface area contributed by atoms with E-state index in [9.17, 15) is 14.4 Å². The maximum Gasteiger partial charge on any atom is 0.326 e. The Morgan fingerprint density at radius 1 is 1.44 bits per heavy atom. The van der Waals surface area contributed by atoms with Gasteiger partial charge in [0.15, 0.2) is 0 Å². The molecular weight excluding hydrogens is 214 g/mol. The van der Waals surface area contributed by atoms with E-state index in [1.54, 1.807) is 6.92 Å². The second-order valence-corrected chi connectivity index (χ2v) is 4.00. The lowest BCUT2D eigenvalue weighted by molar-refractivity contribution is -0.176. The van der Waals surface area contributed by atoms with Gasteiger partial charge >= 0.3 is 5.97 Å². The van der Waals surface area contributed by atoms with Crippen LogP contribution in [0.4, 0.5) is 0 Å². The second kappa shape index (κ2) is 3.86. The average molecular weight is 227 g/mol.